The van der Waals surface area contributed by atoms with Gasteiger partial charge in [-0.3, -0.25) is 14.9 Å². The van der Waals surface area contributed by atoms with Crippen molar-refractivity contribution in [3.05, 3.63) is 75.3 Å². The molecule has 182 valence electrons. The van der Waals surface area contributed by atoms with Crippen LogP contribution in [0.25, 0.3) is 6.08 Å². The molecule has 1 N–H and O–H groups in total. The van der Waals surface area contributed by atoms with Gasteiger partial charge in [0.25, 0.3) is 11.8 Å². The zero-order valence-electron chi connectivity index (χ0n) is 19.6. The van der Waals surface area contributed by atoms with Gasteiger partial charge in [0, 0.05) is 0 Å². The largest absolute Gasteiger partial charge is 0.480 e. The molecule has 35 heavy (non-hydrogen) atoms. The van der Waals surface area contributed by atoms with Crippen molar-refractivity contribution < 1.29 is 28.7 Å². The minimum atomic E-state index is -0.809. The third-order valence-corrected chi connectivity index (χ3v) is 5.90. The maximum atomic E-state index is 13.2. The molecule has 1 saturated heterocycles. The van der Waals surface area contributed by atoms with Gasteiger partial charge < -0.3 is 9.47 Å². The van der Waals surface area contributed by atoms with E-state index < -0.39 is 23.8 Å². The number of nitrogens with zero attached hydrogens (tertiary/aromatic N) is 1. The Balaban J connectivity index is 1.98. The first-order chi connectivity index (χ1) is 16.7. The summed E-state index contributed by atoms with van der Waals surface area (Å²) >= 11 is 3.43. The monoisotopic (exact) mass is 540 g/mol. The molecule has 9 heteroatoms. The fraction of sp³-hybridized carbons (Fsp3) is 0.231. The lowest BCUT2D eigenvalue weighted by atomic mass is 10.0. The summed E-state index contributed by atoms with van der Waals surface area (Å²) in [5.74, 6) is -1.60. The molecule has 1 fully saturated rings. The van der Waals surface area contributed by atoms with Crippen molar-refractivity contribution >= 4 is 51.5 Å². The Hall–Kier alpha value is -3.72. The second-order valence-electron chi connectivity index (χ2n) is 7.80. The summed E-state index contributed by atoms with van der Waals surface area (Å²) in [4.78, 5) is 50.9. The van der Waals surface area contributed by atoms with Crippen LogP contribution in [0, 0.1) is 13.8 Å². The Kier molecular flexibility index (Phi) is 8.24. The molecule has 2 aromatic rings. The number of benzene rings is 2. The fourth-order valence-electron chi connectivity index (χ4n) is 3.48. The predicted octanol–water partition coefficient (Wildman–Crippen LogP) is 4.40. The molecule has 8 nitrogen and oxygen atoms in total. The van der Waals surface area contributed by atoms with Gasteiger partial charge >= 0.3 is 12.0 Å². The minimum Gasteiger partial charge on any atom is -0.480 e. The number of urea groups is 1. The first-order valence-corrected chi connectivity index (χ1v) is 11.7. The normalized spacial score (nSPS) is 14.7. The van der Waals surface area contributed by atoms with Crippen LogP contribution in [0.4, 0.5) is 10.5 Å². The van der Waals surface area contributed by atoms with E-state index in [-0.39, 0.29) is 18.8 Å². The number of halogens is 1. The fourth-order valence-corrected chi connectivity index (χ4v) is 4.12. The molecule has 3 rings (SSSR count). The van der Waals surface area contributed by atoms with Crippen LogP contribution in [-0.2, 0) is 25.5 Å². The zero-order chi connectivity index (χ0) is 25.7. The molecule has 0 atom stereocenters. The van der Waals surface area contributed by atoms with Crippen molar-refractivity contribution in [2.45, 2.75) is 27.2 Å². The van der Waals surface area contributed by atoms with Gasteiger partial charge in [0.1, 0.15) is 11.3 Å². The van der Waals surface area contributed by atoms with Gasteiger partial charge in [-0.25, -0.2) is 14.5 Å². The highest BCUT2D eigenvalue weighted by atomic mass is 79.9. The molecular weight excluding hydrogens is 516 g/mol. The zero-order valence-corrected chi connectivity index (χ0v) is 21.2. The lowest BCUT2D eigenvalue weighted by Crippen LogP contribution is -2.54. The number of hydrogen-bond donors (Lipinski definition) is 1. The first kappa shape index (κ1) is 25.9. The van der Waals surface area contributed by atoms with E-state index in [0.29, 0.717) is 33.5 Å². The average molecular weight is 541 g/mol. The Morgan fingerprint density at radius 3 is 2.54 bits per heavy atom. The van der Waals surface area contributed by atoms with Gasteiger partial charge in [-0.05, 0) is 95.7 Å². The average Bonchev–Trinajstić information content (AvgIpc) is 2.78. The van der Waals surface area contributed by atoms with Crippen molar-refractivity contribution in [2.24, 2.45) is 0 Å². The lowest BCUT2D eigenvalue weighted by molar-refractivity contribution is -0.145. The number of carbonyl (C=O) groups is 4. The number of hydrogen-bond acceptors (Lipinski definition) is 6. The van der Waals surface area contributed by atoms with E-state index in [1.807, 2.05) is 13.8 Å². The van der Waals surface area contributed by atoms with Crippen LogP contribution in [0.2, 0.25) is 0 Å². The van der Waals surface area contributed by atoms with Gasteiger partial charge in [-0.15, -0.1) is 6.58 Å². The van der Waals surface area contributed by atoms with Crippen molar-refractivity contribution in [3.63, 3.8) is 0 Å². The SMILES string of the molecule is C=CCc1cc(/C=C2\C(=O)NC(=O)N(c3ccc(C)c(C)c3)C2=O)cc(Br)c1OCC(=O)OCC. The van der Waals surface area contributed by atoms with Crippen molar-refractivity contribution in [1.29, 1.82) is 0 Å². The summed E-state index contributed by atoms with van der Waals surface area (Å²) in [6.45, 7) is 9.21. The van der Waals surface area contributed by atoms with Gasteiger partial charge in [0.15, 0.2) is 6.61 Å². The summed E-state index contributed by atoms with van der Waals surface area (Å²) in [7, 11) is 0. The Bertz CT molecular complexity index is 1250. The van der Waals surface area contributed by atoms with Crippen LogP contribution in [0.15, 0.2) is 53.0 Å². The van der Waals surface area contributed by atoms with Crippen molar-refractivity contribution in [1.82, 2.24) is 5.32 Å². The van der Waals surface area contributed by atoms with Crippen LogP contribution in [0.1, 0.15) is 29.2 Å². The number of anilines is 1. The number of rotatable bonds is 8. The molecule has 1 aliphatic rings. The Morgan fingerprint density at radius 2 is 1.89 bits per heavy atom. The molecule has 0 saturated carbocycles. The molecule has 1 heterocycles. The quantitative estimate of drug-likeness (QED) is 0.230. The summed E-state index contributed by atoms with van der Waals surface area (Å²) < 4.78 is 11.1. The third kappa shape index (κ3) is 5.86. The maximum absolute atomic E-state index is 13.2. The number of ether oxygens (including phenoxy) is 2. The van der Waals surface area contributed by atoms with E-state index in [0.717, 1.165) is 16.0 Å². The molecule has 0 unspecified atom stereocenters. The van der Waals surface area contributed by atoms with E-state index in [1.54, 1.807) is 43.3 Å². The number of carbonyl (C=O) groups excluding carboxylic acids is 4. The van der Waals surface area contributed by atoms with Gasteiger partial charge in [0.2, 0.25) is 0 Å². The van der Waals surface area contributed by atoms with Gasteiger partial charge in [-0.1, -0.05) is 12.1 Å². The molecule has 0 aromatic heterocycles. The number of esters is 1. The molecular formula is C26H25BrN2O6. The Morgan fingerprint density at radius 1 is 1.14 bits per heavy atom. The molecule has 4 amide bonds. The van der Waals surface area contributed by atoms with Crippen LogP contribution in [-0.4, -0.2) is 37.0 Å². The highest BCUT2D eigenvalue weighted by Crippen LogP contribution is 2.33. The molecule has 0 radical (unpaired) electrons. The predicted molar refractivity (Wildman–Crippen MR) is 135 cm³/mol. The number of aryl methyl sites for hydroxylation is 2. The van der Waals surface area contributed by atoms with Crippen LogP contribution >= 0.6 is 15.9 Å². The topological polar surface area (TPSA) is 102 Å². The number of allylic oxidation sites excluding steroid dienone is 1. The van der Waals surface area contributed by atoms with Gasteiger partial charge in [0.05, 0.1) is 16.8 Å². The van der Waals surface area contributed by atoms with Crippen LogP contribution < -0.4 is 15.0 Å². The van der Waals surface area contributed by atoms with Crippen LogP contribution in [0.3, 0.4) is 0 Å². The molecule has 0 bridgehead atoms. The second-order valence-corrected chi connectivity index (χ2v) is 8.66. The standard InChI is InChI=1S/C26H25BrN2O6/c1-5-7-18-11-17(13-21(27)23(18)35-14-22(30)34-6-2)12-20-24(31)28-26(33)29(25(20)32)19-9-8-15(3)16(4)10-19/h5,8-13H,1,6-7,14H2,2-4H3,(H,28,31,33)/b20-12+. The van der Waals surface area contributed by atoms with E-state index in [4.69, 9.17) is 9.47 Å². The van der Waals surface area contributed by atoms with E-state index in [2.05, 4.69) is 27.8 Å². The number of amides is 4. The maximum Gasteiger partial charge on any atom is 0.344 e. The summed E-state index contributed by atoms with van der Waals surface area (Å²) in [6.07, 6.45) is 3.47. The van der Waals surface area contributed by atoms with Crippen LogP contribution in [0.5, 0.6) is 5.75 Å². The van der Waals surface area contributed by atoms with E-state index >= 15 is 0 Å². The Labute approximate surface area is 211 Å². The summed E-state index contributed by atoms with van der Waals surface area (Å²) in [5, 5.41) is 2.23. The first-order valence-electron chi connectivity index (χ1n) is 10.9. The summed E-state index contributed by atoms with van der Waals surface area (Å²) in [5.41, 5.74) is 3.28. The highest BCUT2D eigenvalue weighted by molar-refractivity contribution is 9.10. The third-order valence-electron chi connectivity index (χ3n) is 5.31. The second kappa shape index (κ2) is 11.1. The number of barbiturate groups is 1. The van der Waals surface area contributed by atoms with E-state index in [9.17, 15) is 19.2 Å². The minimum absolute atomic E-state index is 0.195. The molecule has 2 aromatic carbocycles. The summed E-state index contributed by atoms with van der Waals surface area (Å²) in [6, 6.07) is 7.74. The van der Waals surface area contributed by atoms with Crippen molar-refractivity contribution in [2.75, 3.05) is 18.1 Å². The molecule has 1 aliphatic heterocycles. The lowest BCUT2D eigenvalue weighted by Gasteiger charge is -2.27. The molecule has 0 spiro atoms. The number of imide groups is 2. The van der Waals surface area contributed by atoms with E-state index in [1.165, 1.54) is 6.08 Å². The smallest absolute Gasteiger partial charge is 0.344 e. The number of nitrogens with one attached hydrogen (secondary N) is 1. The highest BCUT2D eigenvalue weighted by Gasteiger charge is 2.37. The van der Waals surface area contributed by atoms with Crippen molar-refractivity contribution in [3.8, 4) is 5.75 Å². The van der Waals surface area contributed by atoms with Gasteiger partial charge in [-0.2, -0.15) is 0 Å². The molecule has 0 aliphatic carbocycles.